The van der Waals surface area contributed by atoms with Crippen LogP contribution in [0.15, 0.2) is 5.16 Å². The van der Waals surface area contributed by atoms with Gasteiger partial charge in [0.2, 0.25) is 0 Å². The monoisotopic (exact) mass is 460 g/mol. The quantitative estimate of drug-likeness (QED) is 0.371. The van der Waals surface area contributed by atoms with E-state index in [1.54, 1.807) is 11.3 Å². The Labute approximate surface area is 192 Å². The number of aromatic nitrogens is 3. The average molecular weight is 461 g/mol. The van der Waals surface area contributed by atoms with Crippen molar-refractivity contribution in [2.45, 2.75) is 77.3 Å². The largest absolute Gasteiger partial charge is 0.394 e. The van der Waals surface area contributed by atoms with Crippen molar-refractivity contribution in [3.05, 3.63) is 16.8 Å². The standard InChI is InChI=1S/C23H32N4O2S2/c1-7-13(10-28)24-20-19-18(26-22(27-20)30-6)17-14-9-23(4,5)29-11-15(14)16(8-12(2)3)25-21(17)31-19/h12-13,28H,7-11H2,1-6H3,(H,24,26,27)/t13-/m1/s1. The summed E-state index contributed by atoms with van der Waals surface area (Å²) in [4.78, 5) is 15.8. The van der Waals surface area contributed by atoms with E-state index in [0.29, 0.717) is 12.5 Å². The summed E-state index contributed by atoms with van der Waals surface area (Å²) in [5, 5.41) is 15.1. The van der Waals surface area contributed by atoms with Crippen LogP contribution in [0, 0.1) is 5.92 Å². The molecule has 168 valence electrons. The molecule has 2 N–H and O–H groups in total. The van der Waals surface area contributed by atoms with E-state index in [1.807, 2.05) is 6.26 Å². The number of nitrogens with zero attached hydrogens (tertiary/aromatic N) is 3. The summed E-state index contributed by atoms with van der Waals surface area (Å²) < 4.78 is 7.20. The molecule has 0 spiro atoms. The summed E-state index contributed by atoms with van der Waals surface area (Å²) in [5.41, 5.74) is 4.46. The molecule has 0 aliphatic carbocycles. The predicted octanol–water partition coefficient (Wildman–Crippen LogP) is 5.19. The average Bonchev–Trinajstić information content (AvgIpc) is 3.09. The van der Waals surface area contributed by atoms with Gasteiger partial charge in [0.15, 0.2) is 5.16 Å². The highest BCUT2D eigenvalue weighted by molar-refractivity contribution is 7.98. The minimum atomic E-state index is -0.217. The molecule has 0 radical (unpaired) electrons. The first-order valence-corrected chi connectivity index (χ1v) is 13.0. The molecule has 0 bridgehead atoms. The Morgan fingerprint density at radius 2 is 2.00 bits per heavy atom. The van der Waals surface area contributed by atoms with Gasteiger partial charge in [-0.25, -0.2) is 15.0 Å². The molecular weight excluding hydrogens is 428 g/mol. The Balaban J connectivity index is 2.01. The van der Waals surface area contributed by atoms with Crippen molar-refractivity contribution in [3.63, 3.8) is 0 Å². The first-order chi connectivity index (χ1) is 14.8. The molecule has 0 saturated carbocycles. The molecule has 3 aromatic rings. The Kier molecular flexibility index (Phi) is 6.45. The van der Waals surface area contributed by atoms with Gasteiger partial charge >= 0.3 is 0 Å². The number of aliphatic hydroxyl groups is 1. The molecule has 3 aromatic heterocycles. The first-order valence-electron chi connectivity index (χ1n) is 11.0. The summed E-state index contributed by atoms with van der Waals surface area (Å²) in [6, 6.07) is -0.0382. The minimum absolute atomic E-state index is 0.0382. The Bertz CT molecular complexity index is 1110. The molecule has 0 unspecified atom stereocenters. The maximum absolute atomic E-state index is 9.73. The van der Waals surface area contributed by atoms with Gasteiger partial charge in [-0.2, -0.15) is 0 Å². The van der Waals surface area contributed by atoms with E-state index < -0.39 is 0 Å². The number of ether oxygens (including phenoxy) is 1. The molecule has 0 saturated heterocycles. The van der Waals surface area contributed by atoms with E-state index in [9.17, 15) is 5.11 Å². The summed E-state index contributed by atoms with van der Waals surface area (Å²) in [6.07, 6.45) is 4.59. The fourth-order valence-corrected chi connectivity index (χ4v) is 5.62. The van der Waals surface area contributed by atoms with Gasteiger partial charge in [-0.3, -0.25) is 0 Å². The van der Waals surface area contributed by atoms with E-state index in [4.69, 9.17) is 19.7 Å². The van der Waals surface area contributed by atoms with Crippen molar-refractivity contribution in [2.75, 3.05) is 18.2 Å². The molecule has 31 heavy (non-hydrogen) atoms. The fraction of sp³-hybridized carbons (Fsp3) is 0.609. The van der Waals surface area contributed by atoms with Crippen molar-refractivity contribution in [1.82, 2.24) is 15.0 Å². The van der Waals surface area contributed by atoms with Crippen LogP contribution in [-0.2, 0) is 24.2 Å². The van der Waals surface area contributed by atoms with E-state index in [1.165, 1.54) is 22.9 Å². The van der Waals surface area contributed by atoms with Crippen LogP contribution < -0.4 is 5.32 Å². The summed E-state index contributed by atoms with van der Waals surface area (Å²) >= 11 is 3.19. The van der Waals surface area contributed by atoms with Crippen LogP contribution in [0.2, 0.25) is 0 Å². The lowest BCUT2D eigenvalue weighted by Gasteiger charge is -2.33. The molecule has 0 amide bonds. The zero-order valence-corrected chi connectivity index (χ0v) is 20.8. The molecule has 1 aliphatic rings. The number of thiophene rings is 1. The van der Waals surface area contributed by atoms with Gasteiger partial charge in [0, 0.05) is 23.1 Å². The van der Waals surface area contributed by atoms with Crippen LogP contribution in [0.25, 0.3) is 20.4 Å². The van der Waals surface area contributed by atoms with Gasteiger partial charge in [0.05, 0.1) is 35.1 Å². The number of aliphatic hydroxyl groups excluding tert-OH is 1. The van der Waals surface area contributed by atoms with Crippen molar-refractivity contribution in [1.29, 1.82) is 0 Å². The highest BCUT2D eigenvalue weighted by Crippen LogP contribution is 2.43. The van der Waals surface area contributed by atoms with Gasteiger partial charge in [-0.05, 0) is 44.4 Å². The third-order valence-electron chi connectivity index (χ3n) is 5.79. The van der Waals surface area contributed by atoms with E-state index in [2.05, 4.69) is 39.9 Å². The molecule has 1 aliphatic heterocycles. The summed E-state index contributed by atoms with van der Waals surface area (Å²) in [5.74, 6) is 1.32. The van der Waals surface area contributed by atoms with Gasteiger partial charge < -0.3 is 15.2 Å². The van der Waals surface area contributed by atoms with Gasteiger partial charge in [0.25, 0.3) is 0 Å². The number of rotatable bonds is 7. The molecular formula is C23H32N4O2S2. The van der Waals surface area contributed by atoms with Crippen molar-refractivity contribution in [3.8, 4) is 0 Å². The summed E-state index contributed by atoms with van der Waals surface area (Å²) in [6.45, 7) is 11.5. The SMILES string of the molecule is CC[C@H](CO)Nc1nc(SC)nc2c1sc1nc(CC(C)C)c3c(c12)CC(C)(C)OC3. The number of hydrogen-bond donors (Lipinski definition) is 2. The zero-order valence-electron chi connectivity index (χ0n) is 19.2. The number of thioether (sulfide) groups is 1. The fourth-order valence-electron chi connectivity index (χ4n) is 4.14. The highest BCUT2D eigenvalue weighted by atomic mass is 32.2. The lowest BCUT2D eigenvalue weighted by Crippen LogP contribution is -2.33. The first kappa shape index (κ1) is 22.7. The van der Waals surface area contributed by atoms with E-state index >= 15 is 0 Å². The second kappa shape index (κ2) is 8.81. The third kappa shape index (κ3) is 4.40. The number of hydrogen-bond acceptors (Lipinski definition) is 8. The molecule has 4 rings (SSSR count). The van der Waals surface area contributed by atoms with Gasteiger partial charge in [0.1, 0.15) is 10.6 Å². The Morgan fingerprint density at radius 1 is 1.23 bits per heavy atom. The molecule has 6 nitrogen and oxygen atoms in total. The number of fused-ring (bicyclic) bond motifs is 5. The van der Waals surface area contributed by atoms with Crippen molar-refractivity contribution < 1.29 is 9.84 Å². The van der Waals surface area contributed by atoms with Gasteiger partial charge in [-0.15, -0.1) is 11.3 Å². The number of pyridine rings is 1. The zero-order chi connectivity index (χ0) is 22.3. The maximum Gasteiger partial charge on any atom is 0.189 e. The van der Waals surface area contributed by atoms with Crippen LogP contribution in [0.3, 0.4) is 0 Å². The number of nitrogens with one attached hydrogen (secondary N) is 1. The minimum Gasteiger partial charge on any atom is -0.394 e. The lowest BCUT2D eigenvalue weighted by atomic mass is 9.88. The lowest BCUT2D eigenvalue weighted by molar-refractivity contribution is -0.0402. The topological polar surface area (TPSA) is 80.2 Å². The second-order valence-corrected chi connectivity index (χ2v) is 11.1. The van der Waals surface area contributed by atoms with Crippen LogP contribution in [-0.4, -0.2) is 44.6 Å². The molecule has 0 aromatic carbocycles. The highest BCUT2D eigenvalue weighted by Gasteiger charge is 2.32. The van der Waals surface area contributed by atoms with E-state index in [-0.39, 0.29) is 18.2 Å². The molecule has 0 fully saturated rings. The Hall–Kier alpha value is -1.48. The normalized spacial score (nSPS) is 16.8. The third-order valence-corrected chi connectivity index (χ3v) is 7.42. The maximum atomic E-state index is 9.73. The molecule has 8 heteroatoms. The second-order valence-electron chi connectivity index (χ2n) is 9.29. The number of anilines is 1. The molecule has 4 heterocycles. The smallest absolute Gasteiger partial charge is 0.189 e. The molecule has 1 atom stereocenters. The predicted molar refractivity (Wildman–Crippen MR) is 130 cm³/mol. The van der Waals surface area contributed by atoms with Crippen LogP contribution in [0.5, 0.6) is 0 Å². The van der Waals surface area contributed by atoms with Crippen LogP contribution in [0.1, 0.15) is 57.9 Å². The summed E-state index contributed by atoms with van der Waals surface area (Å²) in [7, 11) is 0. The van der Waals surface area contributed by atoms with Gasteiger partial charge in [-0.1, -0.05) is 32.5 Å². The van der Waals surface area contributed by atoms with Crippen molar-refractivity contribution >= 4 is 49.3 Å². The van der Waals surface area contributed by atoms with Crippen LogP contribution in [0.4, 0.5) is 5.82 Å². The van der Waals surface area contributed by atoms with Crippen molar-refractivity contribution in [2.24, 2.45) is 5.92 Å². The van der Waals surface area contributed by atoms with E-state index in [0.717, 1.165) is 56.4 Å². The van der Waals surface area contributed by atoms with Crippen LogP contribution >= 0.6 is 23.1 Å². The Morgan fingerprint density at radius 3 is 2.65 bits per heavy atom.